The summed E-state index contributed by atoms with van der Waals surface area (Å²) in [5.41, 5.74) is 6.97. The lowest BCUT2D eigenvalue weighted by atomic mass is 10.1. The fourth-order valence-electron chi connectivity index (χ4n) is 3.35. The minimum absolute atomic E-state index is 0.0269. The van der Waals surface area contributed by atoms with Gasteiger partial charge in [0.2, 0.25) is 0 Å². The summed E-state index contributed by atoms with van der Waals surface area (Å²) in [5.74, 6) is 0.0269. The molecule has 0 unspecified atom stereocenters. The molecule has 136 valence electrons. The SMILES string of the molecule is Cc1ccc2nc(C)c(C(=O)N(C)CCCc3c(C)n[nH]c3C)cc2c1. The van der Waals surface area contributed by atoms with Crippen LogP contribution >= 0.6 is 0 Å². The molecular formula is C21H26N4O. The van der Waals surface area contributed by atoms with Crippen LogP contribution in [-0.4, -0.2) is 39.6 Å². The van der Waals surface area contributed by atoms with E-state index >= 15 is 0 Å². The third kappa shape index (κ3) is 3.62. The molecule has 1 amide bonds. The van der Waals surface area contributed by atoms with Crippen molar-refractivity contribution in [3.63, 3.8) is 0 Å². The second-order valence-corrected chi connectivity index (χ2v) is 7.06. The van der Waals surface area contributed by atoms with Crippen LogP contribution in [0.3, 0.4) is 0 Å². The Kier molecular flexibility index (Phi) is 5.07. The monoisotopic (exact) mass is 350 g/mol. The van der Waals surface area contributed by atoms with Gasteiger partial charge < -0.3 is 4.90 Å². The molecule has 0 spiro atoms. The van der Waals surface area contributed by atoms with Gasteiger partial charge in [0.05, 0.1) is 22.5 Å². The molecule has 2 aromatic heterocycles. The van der Waals surface area contributed by atoms with Gasteiger partial charge in [-0.1, -0.05) is 11.6 Å². The van der Waals surface area contributed by atoms with Crippen molar-refractivity contribution in [2.24, 2.45) is 0 Å². The quantitative estimate of drug-likeness (QED) is 0.759. The first-order valence-electron chi connectivity index (χ1n) is 9.00. The Labute approximate surface area is 154 Å². The van der Waals surface area contributed by atoms with Gasteiger partial charge in [0.15, 0.2) is 0 Å². The molecule has 0 aliphatic rings. The molecule has 5 heteroatoms. The van der Waals surface area contributed by atoms with E-state index in [-0.39, 0.29) is 5.91 Å². The first-order valence-corrected chi connectivity index (χ1v) is 9.00. The minimum atomic E-state index is 0.0269. The molecule has 2 heterocycles. The zero-order valence-corrected chi connectivity index (χ0v) is 16.2. The molecule has 1 aromatic carbocycles. The number of pyridine rings is 1. The van der Waals surface area contributed by atoms with Crippen LogP contribution in [0.2, 0.25) is 0 Å². The van der Waals surface area contributed by atoms with Crippen molar-refractivity contribution in [1.29, 1.82) is 0 Å². The number of fused-ring (bicyclic) bond motifs is 1. The maximum Gasteiger partial charge on any atom is 0.255 e. The Morgan fingerprint density at radius 3 is 2.58 bits per heavy atom. The lowest BCUT2D eigenvalue weighted by Gasteiger charge is -2.18. The summed E-state index contributed by atoms with van der Waals surface area (Å²) >= 11 is 0. The summed E-state index contributed by atoms with van der Waals surface area (Å²) in [4.78, 5) is 19.3. The van der Waals surface area contributed by atoms with E-state index in [4.69, 9.17) is 0 Å². The minimum Gasteiger partial charge on any atom is -0.342 e. The fraction of sp³-hybridized carbons (Fsp3) is 0.381. The predicted molar refractivity (Wildman–Crippen MR) is 105 cm³/mol. The number of aromatic amines is 1. The largest absolute Gasteiger partial charge is 0.342 e. The third-order valence-electron chi connectivity index (χ3n) is 4.94. The number of hydrogen-bond donors (Lipinski definition) is 1. The third-order valence-corrected chi connectivity index (χ3v) is 4.94. The summed E-state index contributed by atoms with van der Waals surface area (Å²) in [6, 6.07) is 8.09. The molecule has 1 N–H and O–H groups in total. The molecule has 0 aliphatic heterocycles. The molecular weight excluding hydrogens is 324 g/mol. The molecule has 3 aromatic rings. The molecule has 0 bridgehead atoms. The van der Waals surface area contributed by atoms with Gasteiger partial charge in [-0.05, 0) is 64.3 Å². The zero-order chi connectivity index (χ0) is 18.8. The Hall–Kier alpha value is -2.69. The second-order valence-electron chi connectivity index (χ2n) is 7.06. The molecule has 0 fully saturated rings. The molecule has 5 nitrogen and oxygen atoms in total. The summed E-state index contributed by atoms with van der Waals surface area (Å²) in [6.45, 7) is 8.70. The molecule has 0 saturated carbocycles. The number of carbonyl (C=O) groups is 1. The van der Waals surface area contributed by atoms with Crippen molar-refractivity contribution in [3.05, 3.63) is 58.0 Å². The lowest BCUT2D eigenvalue weighted by molar-refractivity contribution is 0.0792. The van der Waals surface area contributed by atoms with E-state index in [0.717, 1.165) is 40.8 Å². The Morgan fingerprint density at radius 1 is 1.12 bits per heavy atom. The van der Waals surface area contributed by atoms with Crippen LogP contribution in [0.1, 0.15) is 45.0 Å². The highest BCUT2D eigenvalue weighted by Crippen LogP contribution is 2.19. The number of benzene rings is 1. The number of rotatable bonds is 5. The van der Waals surface area contributed by atoms with Crippen molar-refractivity contribution in [3.8, 4) is 0 Å². The molecule has 0 radical (unpaired) electrons. The van der Waals surface area contributed by atoms with Gasteiger partial charge in [0.1, 0.15) is 0 Å². The van der Waals surface area contributed by atoms with E-state index in [9.17, 15) is 4.79 Å². The number of hydrogen-bond acceptors (Lipinski definition) is 3. The number of nitrogens with zero attached hydrogens (tertiary/aromatic N) is 3. The van der Waals surface area contributed by atoms with Gasteiger partial charge in [-0.2, -0.15) is 5.10 Å². The summed E-state index contributed by atoms with van der Waals surface area (Å²) in [5, 5.41) is 8.26. The van der Waals surface area contributed by atoms with Gasteiger partial charge in [0.25, 0.3) is 5.91 Å². The molecule has 3 rings (SSSR count). The van der Waals surface area contributed by atoms with Gasteiger partial charge in [-0.15, -0.1) is 0 Å². The zero-order valence-electron chi connectivity index (χ0n) is 16.2. The Bertz CT molecular complexity index is 939. The lowest BCUT2D eigenvalue weighted by Crippen LogP contribution is -2.29. The standard InChI is InChI=1S/C21H26N4O/c1-13-8-9-20-17(11-13)12-19(14(2)22-20)21(26)25(5)10-6-7-18-15(3)23-24-16(18)4/h8-9,11-12H,6-7,10H2,1-5H3,(H,23,24). The van der Waals surface area contributed by atoms with Crippen molar-refractivity contribution in [1.82, 2.24) is 20.1 Å². The number of aryl methyl sites for hydroxylation is 4. The van der Waals surface area contributed by atoms with E-state index in [1.54, 1.807) is 4.90 Å². The van der Waals surface area contributed by atoms with E-state index in [1.807, 2.05) is 52.9 Å². The highest BCUT2D eigenvalue weighted by Gasteiger charge is 2.16. The first-order chi connectivity index (χ1) is 12.4. The van der Waals surface area contributed by atoms with Crippen LogP contribution in [0.5, 0.6) is 0 Å². The van der Waals surface area contributed by atoms with Crippen LogP contribution in [-0.2, 0) is 6.42 Å². The summed E-state index contributed by atoms with van der Waals surface area (Å²) in [6.07, 6.45) is 1.82. The molecule has 0 atom stereocenters. The number of H-pyrrole nitrogens is 1. The second kappa shape index (κ2) is 7.28. The van der Waals surface area contributed by atoms with Crippen molar-refractivity contribution >= 4 is 16.8 Å². The fourth-order valence-corrected chi connectivity index (χ4v) is 3.35. The van der Waals surface area contributed by atoms with Gasteiger partial charge >= 0.3 is 0 Å². The van der Waals surface area contributed by atoms with E-state index in [1.165, 1.54) is 11.1 Å². The van der Waals surface area contributed by atoms with E-state index in [0.29, 0.717) is 12.1 Å². The number of aromatic nitrogens is 3. The Morgan fingerprint density at radius 2 is 1.88 bits per heavy atom. The summed E-state index contributed by atoms with van der Waals surface area (Å²) in [7, 11) is 1.86. The first kappa shape index (κ1) is 18.1. The maximum absolute atomic E-state index is 12.9. The van der Waals surface area contributed by atoms with E-state index < -0.39 is 0 Å². The van der Waals surface area contributed by atoms with Gasteiger partial charge in [-0.25, -0.2) is 0 Å². The highest BCUT2D eigenvalue weighted by atomic mass is 16.2. The number of nitrogens with one attached hydrogen (secondary N) is 1. The van der Waals surface area contributed by atoms with Crippen LogP contribution in [0.15, 0.2) is 24.3 Å². The predicted octanol–water partition coefficient (Wildman–Crippen LogP) is 3.90. The number of amides is 1. The van der Waals surface area contributed by atoms with Gasteiger partial charge in [0, 0.05) is 24.7 Å². The maximum atomic E-state index is 12.9. The van der Waals surface area contributed by atoms with Crippen LogP contribution in [0, 0.1) is 27.7 Å². The smallest absolute Gasteiger partial charge is 0.255 e. The normalized spacial score (nSPS) is 11.1. The Balaban J connectivity index is 1.72. The highest BCUT2D eigenvalue weighted by molar-refractivity contribution is 5.98. The molecule has 26 heavy (non-hydrogen) atoms. The molecule has 0 saturated heterocycles. The van der Waals surface area contributed by atoms with Crippen molar-refractivity contribution in [2.75, 3.05) is 13.6 Å². The van der Waals surface area contributed by atoms with Crippen LogP contribution in [0.4, 0.5) is 0 Å². The average molecular weight is 350 g/mol. The van der Waals surface area contributed by atoms with Crippen LogP contribution in [0.25, 0.3) is 10.9 Å². The van der Waals surface area contributed by atoms with Gasteiger partial charge in [-0.3, -0.25) is 14.9 Å². The van der Waals surface area contributed by atoms with Crippen molar-refractivity contribution in [2.45, 2.75) is 40.5 Å². The van der Waals surface area contributed by atoms with E-state index in [2.05, 4.69) is 21.2 Å². The topological polar surface area (TPSA) is 61.9 Å². The molecule has 0 aliphatic carbocycles. The number of carbonyl (C=O) groups excluding carboxylic acids is 1. The average Bonchev–Trinajstić information content (AvgIpc) is 2.92. The van der Waals surface area contributed by atoms with Crippen molar-refractivity contribution < 1.29 is 4.79 Å². The summed E-state index contributed by atoms with van der Waals surface area (Å²) < 4.78 is 0. The van der Waals surface area contributed by atoms with Crippen LogP contribution < -0.4 is 0 Å².